The van der Waals surface area contributed by atoms with E-state index >= 15 is 0 Å². The fourth-order valence-electron chi connectivity index (χ4n) is 2.55. The molecule has 3 aromatic rings. The van der Waals surface area contributed by atoms with E-state index in [0.717, 1.165) is 21.5 Å². The van der Waals surface area contributed by atoms with Gasteiger partial charge >= 0.3 is 5.97 Å². The average Bonchev–Trinajstić information content (AvgIpc) is 2.49. The minimum absolute atomic E-state index is 0.0383. The van der Waals surface area contributed by atoms with Gasteiger partial charge in [0.2, 0.25) is 0 Å². The number of hydrogen-bond donors (Lipinski definition) is 1. The number of hydrogen-bond acceptors (Lipinski definition) is 3. The molecular formula is C19H18O3. The molecule has 0 aliphatic carbocycles. The summed E-state index contributed by atoms with van der Waals surface area (Å²) in [7, 11) is 0. The number of esters is 1. The molecule has 0 unspecified atom stereocenters. The molecule has 0 bridgehead atoms. The van der Waals surface area contributed by atoms with Crippen LogP contribution in [0.15, 0.2) is 54.6 Å². The van der Waals surface area contributed by atoms with Gasteiger partial charge in [-0.25, -0.2) is 4.79 Å². The highest BCUT2D eigenvalue weighted by Gasteiger charge is 2.20. The third kappa shape index (κ3) is 2.81. The first kappa shape index (κ1) is 14.5. The van der Waals surface area contributed by atoms with Crippen molar-refractivity contribution in [3.8, 4) is 0 Å². The number of benzene rings is 3. The Bertz CT molecular complexity index is 790. The molecule has 0 aliphatic rings. The Kier molecular flexibility index (Phi) is 3.59. The Morgan fingerprint density at radius 3 is 2.00 bits per heavy atom. The molecule has 0 fully saturated rings. The number of carbonyl (C=O) groups excluding carboxylic acids is 1. The lowest BCUT2D eigenvalue weighted by atomic mass is 9.97. The van der Waals surface area contributed by atoms with Gasteiger partial charge in [0.25, 0.3) is 0 Å². The van der Waals surface area contributed by atoms with E-state index < -0.39 is 11.6 Å². The molecule has 3 rings (SSSR count). The number of ether oxygens (including phenoxy) is 1. The maximum Gasteiger partial charge on any atom is 0.339 e. The van der Waals surface area contributed by atoms with Gasteiger partial charge in [-0.1, -0.05) is 48.5 Å². The van der Waals surface area contributed by atoms with Gasteiger partial charge < -0.3 is 9.84 Å². The summed E-state index contributed by atoms with van der Waals surface area (Å²) in [6.07, 6.45) is 0. The Labute approximate surface area is 129 Å². The smallest absolute Gasteiger partial charge is 0.339 e. The Morgan fingerprint density at radius 1 is 1.00 bits per heavy atom. The van der Waals surface area contributed by atoms with Crippen molar-refractivity contribution in [3.05, 3.63) is 60.2 Å². The molecule has 0 aliphatic heterocycles. The van der Waals surface area contributed by atoms with Gasteiger partial charge in [0.1, 0.15) is 6.61 Å². The first-order valence-electron chi connectivity index (χ1n) is 7.26. The summed E-state index contributed by atoms with van der Waals surface area (Å²) in [6, 6.07) is 17.6. The van der Waals surface area contributed by atoms with E-state index in [4.69, 9.17) is 4.74 Å². The van der Waals surface area contributed by atoms with E-state index in [1.165, 1.54) is 0 Å². The zero-order valence-electron chi connectivity index (χ0n) is 12.7. The predicted molar refractivity (Wildman–Crippen MR) is 88.0 cm³/mol. The molecule has 0 radical (unpaired) electrons. The molecule has 0 saturated carbocycles. The lowest BCUT2D eigenvalue weighted by molar-refractivity contribution is -0.00978. The number of carbonyl (C=O) groups is 1. The minimum Gasteiger partial charge on any atom is -0.459 e. The fourth-order valence-corrected chi connectivity index (χ4v) is 2.55. The van der Waals surface area contributed by atoms with Gasteiger partial charge in [-0.15, -0.1) is 0 Å². The zero-order valence-corrected chi connectivity index (χ0v) is 12.7. The van der Waals surface area contributed by atoms with Crippen LogP contribution in [0, 0.1) is 0 Å². The summed E-state index contributed by atoms with van der Waals surface area (Å²) < 4.78 is 5.32. The van der Waals surface area contributed by atoms with E-state index in [2.05, 4.69) is 6.07 Å². The zero-order chi connectivity index (χ0) is 15.7. The van der Waals surface area contributed by atoms with Crippen LogP contribution >= 0.6 is 0 Å². The second kappa shape index (κ2) is 5.43. The van der Waals surface area contributed by atoms with Crippen molar-refractivity contribution >= 4 is 27.5 Å². The second-order valence-electron chi connectivity index (χ2n) is 6.08. The summed E-state index contributed by atoms with van der Waals surface area (Å²) in [5.41, 5.74) is -0.492. The van der Waals surface area contributed by atoms with Crippen molar-refractivity contribution in [2.24, 2.45) is 0 Å². The summed E-state index contributed by atoms with van der Waals surface area (Å²) in [6.45, 7) is 3.19. The highest BCUT2D eigenvalue weighted by atomic mass is 16.5. The maximum atomic E-state index is 12.6. The summed E-state index contributed by atoms with van der Waals surface area (Å²) >= 11 is 0. The van der Waals surface area contributed by atoms with E-state index in [1.54, 1.807) is 13.8 Å². The van der Waals surface area contributed by atoms with Crippen LogP contribution in [-0.2, 0) is 4.74 Å². The molecular weight excluding hydrogens is 276 g/mol. The van der Waals surface area contributed by atoms with Gasteiger partial charge in [-0.2, -0.15) is 0 Å². The normalized spacial score (nSPS) is 11.8. The lowest BCUT2D eigenvalue weighted by Gasteiger charge is -2.18. The Balaban J connectivity index is 2.18. The lowest BCUT2D eigenvalue weighted by Crippen LogP contribution is -2.28. The van der Waals surface area contributed by atoms with Gasteiger partial charge in [-0.3, -0.25) is 0 Å². The third-order valence-electron chi connectivity index (χ3n) is 3.53. The number of fused-ring (bicyclic) bond motifs is 2. The maximum absolute atomic E-state index is 12.6. The second-order valence-corrected chi connectivity index (χ2v) is 6.08. The highest BCUT2D eigenvalue weighted by molar-refractivity contribution is 6.16. The van der Waals surface area contributed by atoms with Gasteiger partial charge in [-0.05, 0) is 41.5 Å². The van der Waals surface area contributed by atoms with Gasteiger partial charge in [0.15, 0.2) is 0 Å². The van der Waals surface area contributed by atoms with Crippen LogP contribution in [0.25, 0.3) is 21.5 Å². The van der Waals surface area contributed by atoms with Crippen LogP contribution in [0.4, 0.5) is 0 Å². The third-order valence-corrected chi connectivity index (χ3v) is 3.53. The van der Waals surface area contributed by atoms with E-state index in [-0.39, 0.29) is 6.61 Å². The van der Waals surface area contributed by atoms with Crippen molar-refractivity contribution in [1.29, 1.82) is 0 Å². The molecule has 1 N–H and O–H groups in total. The molecule has 0 atom stereocenters. The van der Waals surface area contributed by atoms with Crippen molar-refractivity contribution < 1.29 is 14.6 Å². The molecule has 0 amide bonds. The minimum atomic E-state index is -1.05. The topological polar surface area (TPSA) is 46.5 Å². The summed E-state index contributed by atoms with van der Waals surface area (Å²) in [4.78, 5) is 12.6. The van der Waals surface area contributed by atoms with Gasteiger partial charge in [0.05, 0.1) is 11.2 Å². The summed E-state index contributed by atoms with van der Waals surface area (Å²) in [5, 5.41) is 13.5. The van der Waals surface area contributed by atoms with E-state index in [0.29, 0.717) is 5.56 Å². The van der Waals surface area contributed by atoms with Crippen LogP contribution < -0.4 is 0 Å². The molecule has 3 aromatic carbocycles. The van der Waals surface area contributed by atoms with Gasteiger partial charge in [0, 0.05) is 0 Å². The van der Waals surface area contributed by atoms with Crippen molar-refractivity contribution in [2.45, 2.75) is 19.4 Å². The largest absolute Gasteiger partial charge is 0.459 e. The SMILES string of the molecule is CC(C)(O)COC(=O)c1c2ccccc2cc2ccccc12. The standard InChI is InChI=1S/C19H18O3/c1-19(2,21)12-22-18(20)17-15-9-5-3-7-13(15)11-14-8-4-6-10-16(14)17/h3-11,21H,12H2,1-2H3. The fraction of sp³-hybridized carbons (Fsp3) is 0.211. The predicted octanol–water partition coefficient (Wildman–Crippen LogP) is 3.92. The first-order valence-corrected chi connectivity index (χ1v) is 7.26. The molecule has 3 heteroatoms. The Hall–Kier alpha value is -2.39. The van der Waals surface area contributed by atoms with Crippen molar-refractivity contribution in [2.75, 3.05) is 6.61 Å². The molecule has 22 heavy (non-hydrogen) atoms. The Morgan fingerprint density at radius 2 is 1.50 bits per heavy atom. The van der Waals surface area contributed by atoms with E-state index in [1.807, 2.05) is 48.5 Å². The molecule has 0 spiro atoms. The quantitative estimate of drug-likeness (QED) is 0.588. The molecule has 3 nitrogen and oxygen atoms in total. The van der Waals surface area contributed by atoms with Crippen molar-refractivity contribution in [1.82, 2.24) is 0 Å². The molecule has 112 valence electrons. The molecule has 0 heterocycles. The monoisotopic (exact) mass is 294 g/mol. The van der Waals surface area contributed by atoms with Crippen LogP contribution in [0.3, 0.4) is 0 Å². The highest BCUT2D eigenvalue weighted by Crippen LogP contribution is 2.29. The first-order chi connectivity index (χ1) is 10.5. The summed E-state index contributed by atoms with van der Waals surface area (Å²) in [5.74, 6) is -0.407. The van der Waals surface area contributed by atoms with Crippen LogP contribution in [0.1, 0.15) is 24.2 Å². The number of rotatable bonds is 3. The van der Waals surface area contributed by atoms with E-state index in [9.17, 15) is 9.90 Å². The van der Waals surface area contributed by atoms with Crippen LogP contribution in [-0.4, -0.2) is 23.3 Å². The van der Waals surface area contributed by atoms with Crippen LogP contribution in [0.2, 0.25) is 0 Å². The molecule has 0 saturated heterocycles. The molecule has 0 aromatic heterocycles. The average molecular weight is 294 g/mol. The van der Waals surface area contributed by atoms with Crippen molar-refractivity contribution in [3.63, 3.8) is 0 Å². The van der Waals surface area contributed by atoms with Crippen LogP contribution in [0.5, 0.6) is 0 Å². The number of aliphatic hydroxyl groups is 1.